The van der Waals surface area contributed by atoms with Crippen LogP contribution < -0.4 is 0 Å². The Hall–Kier alpha value is -1.98. The molecule has 0 amide bonds. The standard InChI is InChI=1S/C13H7F17O2/c1-3-4(31)32-8(19,20)5(14)7(17,18)10(23,24)12(27,28)13(29,30)11(25,26)9(21,22)6(2,15)16/h3,5H,1H2,2H3. The Bertz CT molecular complexity index is 720. The Balaban J connectivity index is 6.65. The van der Waals surface area contributed by atoms with E-state index in [0.717, 1.165) is 0 Å². The maximum absolute atomic E-state index is 13.4. The van der Waals surface area contributed by atoms with E-state index in [1.807, 2.05) is 0 Å². The van der Waals surface area contributed by atoms with Gasteiger partial charge in [0.05, 0.1) is 0 Å². The van der Waals surface area contributed by atoms with Gasteiger partial charge in [-0.05, 0) is 0 Å². The SMILES string of the molecule is C=CC(=O)OC(F)(F)C(F)C(F)(F)C(F)(F)C(F)(F)C(F)(F)C(F)(F)C(F)(F)C(C)(F)F. The van der Waals surface area contributed by atoms with Crippen molar-refractivity contribution in [3.63, 3.8) is 0 Å². The number of carbonyl (C=O) groups is 1. The Morgan fingerprint density at radius 1 is 0.688 bits per heavy atom. The zero-order valence-electron chi connectivity index (χ0n) is 14.6. The summed E-state index contributed by atoms with van der Waals surface area (Å²) < 4.78 is 226. The molecule has 0 aromatic heterocycles. The van der Waals surface area contributed by atoms with E-state index in [1.54, 1.807) is 0 Å². The Labute approximate surface area is 165 Å². The maximum atomic E-state index is 13.4. The highest BCUT2D eigenvalue weighted by molar-refractivity contribution is 5.81. The number of ether oxygens (including phenoxy) is 1. The normalized spacial score (nSPS) is 16.6. The number of rotatable bonds is 10. The Morgan fingerprint density at radius 3 is 1.31 bits per heavy atom. The molecular formula is C13H7F17O2. The van der Waals surface area contributed by atoms with E-state index in [1.165, 1.54) is 0 Å². The van der Waals surface area contributed by atoms with Crippen LogP contribution in [-0.4, -0.2) is 59.7 Å². The van der Waals surface area contributed by atoms with Gasteiger partial charge in [-0.2, -0.15) is 70.2 Å². The molecule has 32 heavy (non-hydrogen) atoms. The second kappa shape index (κ2) is 7.81. The molecule has 0 aromatic carbocycles. The van der Waals surface area contributed by atoms with Gasteiger partial charge in [0.25, 0.3) is 6.17 Å². The van der Waals surface area contributed by atoms with E-state index in [0.29, 0.717) is 0 Å². The molecule has 190 valence electrons. The van der Waals surface area contributed by atoms with Gasteiger partial charge < -0.3 is 4.74 Å². The van der Waals surface area contributed by atoms with Gasteiger partial charge in [0.1, 0.15) is 0 Å². The van der Waals surface area contributed by atoms with Crippen molar-refractivity contribution in [3.8, 4) is 0 Å². The summed E-state index contributed by atoms with van der Waals surface area (Å²) in [5, 5.41) is 0. The maximum Gasteiger partial charge on any atom is 0.438 e. The summed E-state index contributed by atoms with van der Waals surface area (Å²) in [6.07, 6.45) is -13.1. The minimum absolute atomic E-state index is 0.340. The molecule has 0 N–H and O–H groups in total. The molecule has 0 bridgehead atoms. The highest BCUT2D eigenvalue weighted by Gasteiger charge is 2.93. The van der Waals surface area contributed by atoms with E-state index in [4.69, 9.17) is 0 Å². The topological polar surface area (TPSA) is 26.3 Å². The van der Waals surface area contributed by atoms with Crippen LogP contribution in [-0.2, 0) is 9.53 Å². The fourth-order valence-electron chi connectivity index (χ4n) is 1.67. The van der Waals surface area contributed by atoms with E-state index < -0.39 is 66.6 Å². The predicted molar refractivity (Wildman–Crippen MR) is 66.4 cm³/mol. The third kappa shape index (κ3) is 4.06. The molecule has 19 heteroatoms. The van der Waals surface area contributed by atoms with Crippen LogP contribution in [0.3, 0.4) is 0 Å². The molecule has 1 atom stereocenters. The first-order chi connectivity index (χ1) is 13.6. The molecule has 0 aliphatic carbocycles. The van der Waals surface area contributed by atoms with E-state index in [9.17, 15) is 79.4 Å². The predicted octanol–water partition coefficient (Wildman–Crippen LogP) is 6.11. The molecule has 0 aromatic rings. The first-order valence-corrected chi connectivity index (χ1v) is 7.13. The van der Waals surface area contributed by atoms with Crippen molar-refractivity contribution in [2.24, 2.45) is 0 Å². The van der Waals surface area contributed by atoms with Gasteiger partial charge in [0.15, 0.2) is 0 Å². The Kier molecular flexibility index (Phi) is 7.32. The van der Waals surface area contributed by atoms with E-state index in [2.05, 4.69) is 11.3 Å². The average molecular weight is 518 g/mol. The minimum Gasteiger partial charge on any atom is -0.395 e. The zero-order valence-corrected chi connectivity index (χ0v) is 14.6. The third-order valence-corrected chi connectivity index (χ3v) is 3.56. The van der Waals surface area contributed by atoms with Crippen LogP contribution in [0.15, 0.2) is 12.7 Å². The van der Waals surface area contributed by atoms with Crippen LogP contribution in [0.1, 0.15) is 6.92 Å². The van der Waals surface area contributed by atoms with Crippen LogP contribution in [0.25, 0.3) is 0 Å². The molecule has 0 saturated carbocycles. The van der Waals surface area contributed by atoms with Gasteiger partial charge in [0.2, 0.25) is 0 Å². The molecule has 0 fully saturated rings. The minimum atomic E-state index is -8.59. The van der Waals surface area contributed by atoms with Crippen molar-refractivity contribution in [1.29, 1.82) is 0 Å². The smallest absolute Gasteiger partial charge is 0.395 e. The molecule has 0 aliphatic rings. The number of carbonyl (C=O) groups excluding carboxylic acids is 1. The first kappa shape index (κ1) is 30.0. The quantitative estimate of drug-likeness (QED) is 0.198. The van der Waals surface area contributed by atoms with Crippen molar-refractivity contribution < 1.29 is 84.2 Å². The second-order valence-electron chi connectivity index (χ2n) is 5.93. The number of hydrogen-bond donors (Lipinski definition) is 0. The second-order valence-corrected chi connectivity index (χ2v) is 5.93. The molecule has 0 spiro atoms. The van der Waals surface area contributed by atoms with Gasteiger partial charge >= 0.3 is 53.5 Å². The van der Waals surface area contributed by atoms with Gasteiger partial charge in [-0.15, -0.1) is 0 Å². The summed E-state index contributed by atoms with van der Waals surface area (Å²) in [7, 11) is 0. The number of halogens is 17. The summed E-state index contributed by atoms with van der Waals surface area (Å²) in [6, 6.07) is 0. The van der Waals surface area contributed by atoms with Crippen molar-refractivity contribution >= 4 is 5.97 Å². The van der Waals surface area contributed by atoms with Crippen molar-refractivity contribution in [2.45, 2.75) is 60.7 Å². The summed E-state index contributed by atoms with van der Waals surface area (Å²) in [5.41, 5.74) is 0. The van der Waals surface area contributed by atoms with Gasteiger partial charge in [-0.1, -0.05) is 6.58 Å². The lowest BCUT2D eigenvalue weighted by Gasteiger charge is -2.43. The summed E-state index contributed by atoms with van der Waals surface area (Å²) in [6.45, 7) is 1.09. The zero-order chi connectivity index (χ0) is 26.6. The highest BCUT2D eigenvalue weighted by atomic mass is 19.4. The number of esters is 1. The van der Waals surface area contributed by atoms with Crippen LogP contribution in [0.5, 0.6) is 0 Å². The molecule has 2 nitrogen and oxygen atoms in total. The number of alkyl halides is 17. The van der Waals surface area contributed by atoms with Crippen molar-refractivity contribution in [3.05, 3.63) is 12.7 Å². The molecule has 0 aliphatic heterocycles. The highest BCUT2D eigenvalue weighted by Crippen LogP contribution is 2.63. The Morgan fingerprint density at radius 2 is 1.00 bits per heavy atom. The molecular weight excluding hydrogens is 511 g/mol. The van der Waals surface area contributed by atoms with E-state index >= 15 is 0 Å². The lowest BCUT2D eigenvalue weighted by atomic mass is 9.88. The molecule has 1 unspecified atom stereocenters. The van der Waals surface area contributed by atoms with Crippen molar-refractivity contribution in [1.82, 2.24) is 0 Å². The van der Waals surface area contributed by atoms with Crippen LogP contribution in [0.4, 0.5) is 74.6 Å². The van der Waals surface area contributed by atoms with E-state index in [-0.39, 0.29) is 6.08 Å². The average Bonchev–Trinajstić information content (AvgIpc) is 2.58. The van der Waals surface area contributed by atoms with Gasteiger partial charge in [0, 0.05) is 13.0 Å². The first-order valence-electron chi connectivity index (χ1n) is 7.13. The summed E-state index contributed by atoms with van der Waals surface area (Å²) in [4.78, 5) is 10.5. The van der Waals surface area contributed by atoms with Gasteiger partial charge in [-0.25, -0.2) is 9.18 Å². The monoisotopic (exact) mass is 518 g/mol. The largest absolute Gasteiger partial charge is 0.438 e. The fourth-order valence-corrected chi connectivity index (χ4v) is 1.67. The van der Waals surface area contributed by atoms with Crippen molar-refractivity contribution in [2.75, 3.05) is 0 Å². The molecule has 0 heterocycles. The summed E-state index contributed by atoms with van der Waals surface area (Å²) in [5.74, 6) is -58.2. The molecule has 0 saturated heterocycles. The lowest BCUT2D eigenvalue weighted by Crippen LogP contribution is -2.74. The van der Waals surface area contributed by atoms with Crippen LogP contribution in [0.2, 0.25) is 0 Å². The summed E-state index contributed by atoms with van der Waals surface area (Å²) >= 11 is 0. The lowest BCUT2D eigenvalue weighted by molar-refractivity contribution is -0.449. The number of hydrogen-bond acceptors (Lipinski definition) is 2. The third-order valence-electron chi connectivity index (χ3n) is 3.56. The van der Waals surface area contributed by atoms with Crippen LogP contribution in [0, 0.1) is 0 Å². The molecule has 0 radical (unpaired) electrons. The van der Waals surface area contributed by atoms with Crippen LogP contribution >= 0.6 is 0 Å². The fraction of sp³-hybridized carbons (Fsp3) is 0.769. The van der Waals surface area contributed by atoms with Gasteiger partial charge in [-0.3, -0.25) is 0 Å². The molecule has 0 rings (SSSR count).